The average Bonchev–Trinajstić information content (AvgIpc) is 2.12. The van der Waals surface area contributed by atoms with E-state index < -0.39 is 19.7 Å². The second-order valence-electron chi connectivity index (χ2n) is 3.30. The van der Waals surface area contributed by atoms with Crippen molar-refractivity contribution < 1.29 is 16.8 Å². The van der Waals surface area contributed by atoms with Gasteiger partial charge in [0, 0.05) is 0 Å². The number of hydrogen-bond acceptors (Lipinski definition) is 4. The zero-order valence-corrected chi connectivity index (χ0v) is 10.5. The van der Waals surface area contributed by atoms with Gasteiger partial charge in [-0.15, -0.1) is 12.8 Å². The van der Waals surface area contributed by atoms with Gasteiger partial charge in [0.05, 0.1) is 11.5 Å². The van der Waals surface area contributed by atoms with Crippen LogP contribution >= 0.6 is 0 Å². The van der Waals surface area contributed by atoms with Crippen molar-refractivity contribution in [2.75, 3.05) is 23.0 Å². The molecule has 0 saturated heterocycles. The summed E-state index contributed by atoms with van der Waals surface area (Å²) in [7, 11) is -6.47. The summed E-state index contributed by atoms with van der Waals surface area (Å²) in [5.74, 6) is 3.34. The molecule has 0 heterocycles. The molecule has 0 aromatic carbocycles. The van der Waals surface area contributed by atoms with Crippen LogP contribution in [0.3, 0.4) is 0 Å². The third-order valence-corrected chi connectivity index (χ3v) is 4.80. The second kappa shape index (κ2) is 6.57. The molecule has 90 valence electrons. The molecule has 0 spiro atoms. The lowest BCUT2D eigenvalue weighted by Gasteiger charge is -2.01. The Morgan fingerprint density at radius 3 is 1.31 bits per heavy atom. The molecule has 0 rings (SSSR count). The third-order valence-electron chi connectivity index (χ3n) is 1.77. The minimum Gasteiger partial charge on any atom is -0.228 e. The highest BCUT2D eigenvalue weighted by Crippen LogP contribution is 2.01. The number of terminal acetylenes is 2. The van der Waals surface area contributed by atoms with E-state index in [0.29, 0.717) is 0 Å². The Labute approximate surface area is 97.3 Å². The van der Waals surface area contributed by atoms with E-state index in [4.69, 9.17) is 12.8 Å². The maximum Gasteiger partial charge on any atom is 0.161 e. The molecule has 0 aliphatic heterocycles. The Balaban J connectivity index is 3.96. The molecule has 0 unspecified atom stereocenters. The zero-order chi connectivity index (χ0) is 12.7. The molecular formula is C10H14O4S2. The maximum atomic E-state index is 11.2. The van der Waals surface area contributed by atoms with Crippen molar-refractivity contribution >= 4 is 19.7 Å². The highest BCUT2D eigenvalue weighted by molar-refractivity contribution is 7.91. The average molecular weight is 262 g/mol. The van der Waals surface area contributed by atoms with Crippen LogP contribution in [0.4, 0.5) is 0 Å². The van der Waals surface area contributed by atoms with Crippen LogP contribution < -0.4 is 0 Å². The Morgan fingerprint density at radius 2 is 1.06 bits per heavy atom. The number of rotatable bonds is 7. The molecule has 0 aromatic heterocycles. The van der Waals surface area contributed by atoms with Crippen molar-refractivity contribution in [1.29, 1.82) is 0 Å². The van der Waals surface area contributed by atoms with Gasteiger partial charge >= 0.3 is 0 Å². The van der Waals surface area contributed by atoms with Crippen LogP contribution in [0, 0.1) is 24.7 Å². The standard InChI is InChI=1S/C10H14O4S2/c1-3-7-15(11,12)9-5-6-10-16(13,14)8-4-2/h1-2H,5-10H2. The molecule has 0 bridgehead atoms. The maximum absolute atomic E-state index is 11.2. The predicted molar refractivity (Wildman–Crippen MR) is 64.2 cm³/mol. The van der Waals surface area contributed by atoms with Crippen molar-refractivity contribution in [2.45, 2.75) is 12.8 Å². The predicted octanol–water partition coefficient (Wildman–Crippen LogP) is -0.137. The van der Waals surface area contributed by atoms with Crippen LogP contribution in [0.1, 0.15) is 12.8 Å². The smallest absolute Gasteiger partial charge is 0.161 e. The molecule has 4 nitrogen and oxygen atoms in total. The summed E-state index contributed by atoms with van der Waals surface area (Å²) in [5.41, 5.74) is 0. The van der Waals surface area contributed by atoms with Crippen LogP contribution in [0.15, 0.2) is 0 Å². The molecular weight excluding hydrogens is 248 g/mol. The highest BCUT2D eigenvalue weighted by Gasteiger charge is 2.11. The first kappa shape index (κ1) is 15.0. The first-order valence-electron chi connectivity index (χ1n) is 4.61. The fourth-order valence-electron chi connectivity index (χ4n) is 1.04. The van der Waals surface area contributed by atoms with E-state index in [1.807, 2.05) is 0 Å². The summed E-state index contributed by atoms with van der Waals surface area (Å²) in [6.45, 7) is 0. The molecule has 16 heavy (non-hydrogen) atoms. The van der Waals surface area contributed by atoms with E-state index in [9.17, 15) is 16.8 Å². The van der Waals surface area contributed by atoms with Crippen molar-refractivity contribution in [3.63, 3.8) is 0 Å². The van der Waals surface area contributed by atoms with Gasteiger partial charge in [-0.1, -0.05) is 11.8 Å². The Bertz CT molecular complexity index is 438. The van der Waals surface area contributed by atoms with Crippen LogP contribution in [0.2, 0.25) is 0 Å². The van der Waals surface area contributed by atoms with E-state index in [0.717, 1.165) is 0 Å². The van der Waals surface area contributed by atoms with Crippen LogP contribution in [0.25, 0.3) is 0 Å². The molecule has 0 N–H and O–H groups in total. The third kappa shape index (κ3) is 7.33. The minimum absolute atomic E-state index is 0.0806. The van der Waals surface area contributed by atoms with E-state index in [-0.39, 0.29) is 35.9 Å². The first-order valence-corrected chi connectivity index (χ1v) is 8.25. The number of unbranched alkanes of at least 4 members (excludes halogenated alkanes) is 1. The normalized spacial score (nSPS) is 11.6. The number of sulfone groups is 2. The highest BCUT2D eigenvalue weighted by atomic mass is 32.2. The summed E-state index contributed by atoms with van der Waals surface area (Å²) >= 11 is 0. The van der Waals surface area contributed by atoms with Gasteiger partial charge in [0.15, 0.2) is 19.7 Å². The number of hydrogen-bond donors (Lipinski definition) is 0. The molecule has 0 radical (unpaired) electrons. The van der Waals surface area contributed by atoms with Crippen LogP contribution in [-0.2, 0) is 19.7 Å². The molecule has 0 aliphatic carbocycles. The summed E-state index contributed by atoms with van der Waals surface area (Å²) in [5, 5.41) is 0. The van der Waals surface area contributed by atoms with Gasteiger partial charge in [0.2, 0.25) is 0 Å². The van der Waals surface area contributed by atoms with E-state index in [2.05, 4.69) is 11.8 Å². The fraction of sp³-hybridized carbons (Fsp3) is 0.600. The van der Waals surface area contributed by atoms with Crippen molar-refractivity contribution in [1.82, 2.24) is 0 Å². The largest absolute Gasteiger partial charge is 0.228 e. The van der Waals surface area contributed by atoms with Crippen molar-refractivity contribution in [3.05, 3.63) is 0 Å². The Kier molecular flexibility index (Phi) is 6.17. The minimum atomic E-state index is -3.23. The topological polar surface area (TPSA) is 68.3 Å². The molecule has 0 aliphatic rings. The molecule has 0 atom stereocenters. The molecule has 0 fully saturated rings. The molecule has 6 heteroatoms. The van der Waals surface area contributed by atoms with Gasteiger partial charge in [-0.25, -0.2) is 16.8 Å². The van der Waals surface area contributed by atoms with Gasteiger partial charge < -0.3 is 0 Å². The summed E-state index contributed by atoms with van der Waals surface area (Å²) in [6.07, 6.45) is 10.3. The van der Waals surface area contributed by atoms with Crippen molar-refractivity contribution in [3.8, 4) is 24.7 Å². The van der Waals surface area contributed by atoms with E-state index in [1.54, 1.807) is 0 Å². The fourth-order valence-corrected chi connectivity index (χ4v) is 3.13. The quantitative estimate of drug-likeness (QED) is 0.473. The first-order chi connectivity index (χ1) is 7.33. The summed E-state index contributed by atoms with van der Waals surface area (Å²) < 4.78 is 44.6. The van der Waals surface area contributed by atoms with Crippen LogP contribution in [0.5, 0.6) is 0 Å². The lowest BCUT2D eigenvalue weighted by molar-refractivity contribution is 0.588. The Morgan fingerprint density at radius 1 is 0.750 bits per heavy atom. The van der Waals surface area contributed by atoms with E-state index >= 15 is 0 Å². The SMILES string of the molecule is C#CCS(=O)(=O)CCCCS(=O)(=O)CC#C. The van der Waals surface area contributed by atoms with Gasteiger partial charge in [-0.05, 0) is 12.8 Å². The molecule has 0 amide bonds. The molecule has 0 aromatic rings. The van der Waals surface area contributed by atoms with Gasteiger partial charge in [0.25, 0.3) is 0 Å². The monoisotopic (exact) mass is 262 g/mol. The zero-order valence-electron chi connectivity index (χ0n) is 8.85. The van der Waals surface area contributed by atoms with E-state index in [1.165, 1.54) is 0 Å². The van der Waals surface area contributed by atoms with Gasteiger partial charge in [-0.3, -0.25) is 0 Å². The van der Waals surface area contributed by atoms with Crippen molar-refractivity contribution in [2.24, 2.45) is 0 Å². The van der Waals surface area contributed by atoms with Gasteiger partial charge in [-0.2, -0.15) is 0 Å². The van der Waals surface area contributed by atoms with Gasteiger partial charge in [0.1, 0.15) is 11.5 Å². The Hall–Kier alpha value is -0.980. The second-order valence-corrected chi connectivity index (χ2v) is 7.67. The van der Waals surface area contributed by atoms with Crippen LogP contribution in [-0.4, -0.2) is 39.8 Å². The molecule has 0 saturated carbocycles. The lowest BCUT2D eigenvalue weighted by atomic mass is 10.4. The summed E-state index contributed by atoms with van der Waals surface area (Å²) in [4.78, 5) is 0. The summed E-state index contributed by atoms with van der Waals surface area (Å²) in [6, 6.07) is 0. The lowest BCUT2D eigenvalue weighted by Crippen LogP contribution is -2.13.